The second kappa shape index (κ2) is 6.27. The molecule has 1 fully saturated rings. The van der Waals surface area contributed by atoms with Gasteiger partial charge in [-0.2, -0.15) is 0 Å². The van der Waals surface area contributed by atoms with Crippen molar-refractivity contribution in [1.29, 1.82) is 0 Å². The molecule has 0 radical (unpaired) electrons. The van der Waals surface area contributed by atoms with E-state index >= 15 is 0 Å². The molecule has 1 heterocycles. The number of nitrogens with zero attached hydrogens (tertiary/aromatic N) is 1. The Morgan fingerprint density at radius 2 is 1.81 bits per heavy atom. The number of likely N-dealkylation sites (N-methyl/N-ethyl adjacent to an activating group) is 1. The summed E-state index contributed by atoms with van der Waals surface area (Å²) >= 11 is 0. The predicted molar refractivity (Wildman–Crippen MR) is 70.4 cm³/mol. The number of likely N-dealkylation sites (tertiary alicyclic amines) is 1. The first-order valence-corrected chi connectivity index (χ1v) is 6.69. The van der Waals surface area contributed by atoms with Crippen LogP contribution < -0.4 is 5.32 Å². The van der Waals surface area contributed by atoms with E-state index in [1.54, 1.807) is 0 Å². The summed E-state index contributed by atoms with van der Waals surface area (Å²) in [6.07, 6.45) is 10.6. The summed E-state index contributed by atoms with van der Waals surface area (Å²) in [6, 6.07) is 0.186. The third-order valence-electron chi connectivity index (χ3n) is 4.07. The van der Waals surface area contributed by atoms with Gasteiger partial charge in [0.1, 0.15) is 0 Å². The van der Waals surface area contributed by atoms with Gasteiger partial charge in [0.15, 0.2) is 0 Å². The first kappa shape index (κ1) is 13.5. The molecular formula is C14H26N2. The highest BCUT2D eigenvalue weighted by Crippen LogP contribution is 2.31. The Balaban J connectivity index is 2.88. The highest BCUT2D eigenvalue weighted by atomic mass is 15.2. The zero-order valence-corrected chi connectivity index (χ0v) is 11.1. The van der Waals surface area contributed by atoms with Crippen LogP contribution in [0.5, 0.6) is 0 Å². The van der Waals surface area contributed by atoms with Crippen molar-refractivity contribution in [3.8, 4) is 12.3 Å². The molecule has 1 N–H and O–H groups in total. The molecule has 1 atom stereocenters. The minimum Gasteiger partial charge on any atom is -0.302 e. The van der Waals surface area contributed by atoms with Gasteiger partial charge >= 0.3 is 0 Å². The summed E-state index contributed by atoms with van der Waals surface area (Å²) in [4.78, 5) is 2.61. The van der Waals surface area contributed by atoms with E-state index in [1.807, 2.05) is 0 Å². The Bertz CT molecular complexity index is 232. The molecule has 1 saturated heterocycles. The average molecular weight is 222 g/mol. The third-order valence-corrected chi connectivity index (χ3v) is 4.07. The lowest BCUT2D eigenvalue weighted by Crippen LogP contribution is -2.59. The smallest absolute Gasteiger partial charge is 0.0873 e. The van der Waals surface area contributed by atoms with Crippen molar-refractivity contribution in [1.82, 2.24) is 10.2 Å². The molecule has 2 heteroatoms. The maximum atomic E-state index is 5.72. The van der Waals surface area contributed by atoms with Crippen LogP contribution in [0.15, 0.2) is 0 Å². The van der Waals surface area contributed by atoms with Gasteiger partial charge in [-0.05, 0) is 45.3 Å². The van der Waals surface area contributed by atoms with Crippen LogP contribution in [-0.2, 0) is 0 Å². The fourth-order valence-corrected chi connectivity index (χ4v) is 3.06. The molecule has 2 nitrogen and oxygen atoms in total. The summed E-state index contributed by atoms with van der Waals surface area (Å²) in [5.74, 6) is 2.97. The molecule has 0 aliphatic carbocycles. The number of rotatable bonds is 6. The van der Waals surface area contributed by atoms with E-state index in [4.69, 9.17) is 6.42 Å². The fraction of sp³-hybridized carbons (Fsp3) is 0.857. The van der Waals surface area contributed by atoms with Gasteiger partial charge in [-0.25, -0.2) is 0 Å². The molecule has 1 aliphatic rings. The summed E-state index contributed by atoms with van der Waals surface area (Å²) in [5, 5.41) is 3.47. The first-order valence-electron chi connectivity index (χ1n) is 6.69. The van der Waals surface area contributed by atoms with Crippen molar-refractivity contribution in [3.63, 3.8) is 0 Å². The maximum Gasteiger partial charge on any atom is 0.0873 e. The molecule has 1 unspecified atom stereocenters. The lowest BCUT2D eigenvalue weighted by Gasteiger charge is -2.45. The van der Waals surface area contributed by atoms with Crippen LogP contribution in [0, 0.1) is 12.3 Å². The summed E-state index contributed by atoms with van der Waals surface area (Å²) in [7, 11) is 0. The van der Waals surface area contributed by atoms with Crippen molar-refractivity contribution in [2.45, 2.75) is 58.0 Å². The quantitative estimate of drug-likeness (QED) is 0.694. The van der Waals surface area contributed by atoms with Gasteiger partial charge in [-0.3, -0.25) is 4.90 Å². The average Bonchev–Trinajstić information content (AvgIpc) is 2.84. The second-order valence-corrected chi connectivity index (χ2v) is 4.66. The van der Waals surface area contributed by atoms with E-state index in [-0.39, 0.29) is 11.6 Å². The Morgan fingerprint density at radius 3 is 2.19 bits per heavy atom. The van der Waals surface area contributed by atoms with Gasteiger partial charge in [-0.1, -0.05) is 26.7 Å². The minimum atomic E-state index is 0.168. The zero-order valence-electron chi connectivity index (χ0n) is 11.1. The molecule has 16 heavy (non-hydrogen) atoms. The Hall–Kier alpha value is -0.520. The molecule has 92 valence electrons. The number of hydrogen-bond acceptors (Lipinski definition) is 2. The van der Waals surface area contributed by atoms with Gasteiger partial charge in [0.05, 0.1) is 6.04 Å². The van der Waals surface area contributed by atoms with Crippen LogP contribution in [0.4, 0.5) is 0 Å². The molecule has 0 bridgehead atoms. The largest absolute Gasteiger partial charge is 0.302 e. The van der Waals surface area contributed by atoms with Gasteiger partial charge < -0.3 is 5.32 Å². The minimum absolute atomic E-state index is 0.168. The van der Waals surface area contributed by atoms with Gasteiger partial charge in [0.2, 0.25) is 0 Å². The fourth-order valence-electron chi connectivity index (χ4n) is 3.06. The van der Waals surface area contributed by atoms with Crippen molar-refractivity contribution in [2.75, 3.05) is 19.6 Å². The number of nitrogens with one attached hydrogen (secondary N) is 1. The van der Waals surface area contributed by atoms with E-state index in [1.165, 1.54) is 25.9 Å². The van der Waals surface area contributed by atoms with Crippen molar-refractivity contribution in [2.24, 2.45) is 0 Å². The van der Waals surface area contributed by atoms with E-state index in [2.05, 4.69) is 36.9 Å². The SMILES string of the molecule is C#CC(NCC)C(CC)(CC)N1CCCC1. The van der Waals surface area contributed by atoms with Crippen molar-refractivity contribution in [3.05, 3.63) is 0 Å². The van der Waals surface area contributed by atoms with E-state index < -0.39 is 0 Å². The van der Waals surface area contributed by atoms with E-state index in [0.717, 1.165) is 19.4 Å². The normalized spacial score (nSPS) is 19.6. The van der Waals surface area contributed by atoms with Crippen LogP contribution in [0.3, 0.4) is 0 Å². The van der Waals surface area contributed by atoms with Gasteiger partial charge in [0, 0.05) is 5.54 Å². The van der Waals surface area contributed by atoms with Gasteiger partial charge in [-0.15, -0.1) is 6.42 Å². The molecule has 0 spiro atoms. The Kier molecular flexibility index (Phi) is 5.31. The predicted octanol–water partition coefficient (Wildman–Crippen LogP) is 2.25. The van der Waals surface area contributed by atoms with Crippen LogP contribution in [0.2, 0.25) is 0 Å². The zero-order chi connectivity index (χ0) is 12.0. The Labute approximate surface area is 101 Å². The first-order chi connectivity index (χ1) is 7.75. The molecule has 0 aromatic rings. The summed E-state index contributed by atoms with van der Waals surface area (Å²) < 4.78 is 0. The standard InChI is InChI=1S/C14H26N2/c1-5-13(15-8-4)14(6-2,7-3)16-11-9-10-12-16/h1,13,15H,6-12H2,2-4H3. The van der Waals surface area contributed by atoms with Crippen LogP contribution in [0.25, 0.3) is 0 Å². The molecule has 1 aliphatic heterocycles. The molecule has 1 rings (SSSR count). The molecule has 0 saturated carbocycles. The van der Waals surface area contributed by atoms with E-state index in [0.29, 0.717) is 0 Å². The second-order valence-electron chi connectivity index (χ2n) is 4.66. The van der Waals surface area contributed by atoms with Crippen LogP contribution >= 0.6 is 0 Å². The summed E-state index contributed by atoms with van der Waals surface area (Å²) in [5.41, 5.74) is 0.168. The van der Waals surface area contributed by atoms with Crippen molar-refractivity contribution >= 4 is 0 Å². The number of hydrogen-bond donors (Lipinski definition) is 1. The van der Waals surface area contributed by atoms with Crippen molar-refractivity contribution < 1.29 is 0 Å². The lowest BCUT2D eigenvalue weighted by atomic mass is 9.83. The highest BCUT2D eigenvalue weighted by Gasteiger charge is 2.40. The maximum absolute atomic E-state index is 5.72. The van der Waals surface area contributed by atoms with Crippen LogP contribution in [-0.4, -0.2) is 36.1 Å². The van der Waals surface area contributed by atoms with Gasteiger partial charge in [0.25, 0.3) is 0 Å². The Morgan fingerprint density at radius 1 is 1.25 bits per heavy atom. The lowest BCUT2D eigenvalue weighted by molar-refractivity contribution is 0.0827. The molecule has 0 amide bonds. The molecular weight excluding hydrogens is 196 g/mol. The molecule has 0 aromatic heterocycles. The monoisotopic (exact) mass is 222 g/mol. The number of terminal acetylenes is 1. The van der Waals surface area contributed by atoms with E-state index in [9.17, 15) is 0 Å². The summed E-state index contributed by atoms with van der Waals surface area (Å²) in [6.45, 7) is 10.0. The third kappa shape index (κ3) is 2.42. The molecule has 0 aromatic carbocycles. The topological polar surface area (TPSA) is 15.3 Å². The highest BCUT2D eigenvalue weighted by molar-refractivity contribution is 5.14. The van der Waals surface area contributed by atoms with Crippen LogP contribution in [0.1, 0.15) is 46.5 Å².